The molecular formula is C23H26ClN5O3S. The molecule has 1 saturated heterocycles. The monoisotopic (exact) mass is 487 g/mol. The molecule has 0 spiro atoms. The van der Waals surface area contributed by atoms with Crippen LogP contribution in [0.1, 0.15) is 21.5 Å². The van der Waals surface area contributed by atoms with Crippen molar-refractivity contribution < 1.29 is 13.2 Å². The predicted molar refractivity (Wildman–Crippen MR) is 130 cm³/mol. The molecule has 1 aromatic heterocycles. The molecule has 174 valence electrons. The number of rotatable bonds is 5. The number of nitrogens with zero attached hydrogens (tertiary/aromatic N) is 4. The van der Waals surface area contributed by atoms with E-state index in [1.54, 1.807) is 31.3 Å². The van der Waals surface area contributed by atoms with Gasteiger partial charge in [0.25, 0.3) is 15.9 Å². The Morgan fingerprint density at radius 2 is 1.70 bits per heavy atom. The fraction of sp³-hybridized carbons (Fsp3) is 0.304. The molecule has 2 aromatic carbocycles. The summed E-state index contributed by atoms with van der Waals surface area (Å²) < 4.78 is 29.6. The fourth-order valence-electron chi connectivity index (χ4n) is 3.92. The summed E-state index contributed by atoms with van der Waals surface area (Å²) in [5.41, 5.74) is 4.03. The van der Waals surface area contributed by atoms with E-state index in [0.717, 1.165) is 5.69 Å². The van der Waals surface area contributed by atoms with E-state index in [1.165, 1.54) is 26.3 Å². The van der Waals surface area contributed by atoms with Gasteiger partial charge in [-0.1, -0.05) is 23.7 Å². The first-order valence-electron chi connectivity index (χ1n) is 10.6. The van der Waals surface area contributed by atoms with Gasteiger partial charge in [0.05, 0.1) is 5.56 Å². The SMILES string of the molecule is Cc1cccc(N2CCN(S(=O)(=O)c3nn(C)cc3C(=O)Nc3ccc(Cl)cc3)CC2)c1C. The van der Waals surface area contributed by atoms with Crippen molar-refractivity contribution in [3.63, 3.8) is 0 Å². The molecule has 1 aliphatic rings. The lowest BCUT2D eigenvalue weighted by Gasteiger charge is -2.36. The van der Waals surface area contributed by atoms with Crippen LogP contribution in [0.2, 0.25) is 5.02 Å². The van der Waals surface area contributed by atoms with Crippen LogP contribution in [0.3, 0.4) is 0 Å². The number of halogens is 1. The maximum atomic E-state index is 13.4. The second-order valence-corrected chi connectivity index (χ2v) is 10.4. The average molecular weight is 488 g/mol. The topological polar surface area (TPSA) is 87.5 Å². The van der Waals surface area contributed by atoms with Gasteiger partial charge in [-0.25, -0.2) is 8.42 Å². The van der Waals surface area contributed by atoms with E-state index in [9.17, 15) is 13.2 Å². The Morgan fingerprint density at radius 3 is 2.36 bits per heavy atom. The lowest BCUT2D eigenvalue weighted by Crippen LogP contribution is -2.49. The highest BCUT2D eigenvalue weighted by Gasteiger charge is 2.34. The van der Waals surface area contributed by atoms with Gasteiger partial charge in [-0.2, -0.15) is 9.40 Å². The highest BCUT2D eigenvalue weighted by atomic mass is 35.5. The van der Waals surface area contributed by atoms with Gasteiger partial charge >= 0.3 is 0 Å². The van der Waals surface area contributed by atoms with Crippen molar-refractivity contribution >= 4 is 38.9 Å². The zero-order valence-electron chi connectivity index (χ0n) is 18.7. The summed E-state index contributed by atoms with van der Waals surface area (Å²) in [5, 5.41) is 7.14. The molecule has 1 fully saturated rings. The van der Waals surface area contributed by atoms with Crippen molar-refractivity contribution in [2.45, 2.75) is 18.9 Å². The Kier molecular flexibility index (Phi) is 6.47. The van der Waals surface area contributed by atoms with Crippen LogP contribution in [0, 0.1) is 13.8 Å². The predicted octanol–water partition coefficient (Wildman–Crippen LogP) is 3.45. The van der Waals surface area contributed by atoms with Gasteiger partial charge in [-0.3, -0.25) is 9.48 Å². The van der Waals surface area contributed by atoms with E-state index in [-0.39, 0.29) is 10.6 Å². The normalized spacial score (nSPS) is 15.0. The lowest BCUT2D eigenvalue weighted by molar-refractivity contribution is 0.102. The van der Waals surface area contributed by atoms with Crippen LogP contribution < -0.4 is 10.2 Å². The summed E-state index contributed by atoms with van der Waals surface area (Å²) >= 11 is 5.89. The van der Waals surface area contributed by atoms with Gasteiger partial charge in [-0.15, -0.1) is 0 Å². The molecular weight excluding hydrogens is 462 g/mol. The summed E-state index contributed by atoms with van der Waals surface area (Å²) in [5.74, 6) is -0.544. The molecule has 33 heavy (non-hydrogen) atoms. The van der Waals surface area contributed by atoms with Crippen LogP contribution >= 0.6 is 11.6 Å². The minimum atomic E-state index is -3.95. The summed E-state index contributed by atoms with van der Waals surface area (Å²) in [7, 11) is -2.35. The van der Waals surface area contributed by atoms with Gasteiger partial charge in [0.2, 0.25) is 5.03 Å². The van der Waals surface area contributed by atoms with Crippen LogP contribution in [-0.2, 0) is 17.1 Å². The molecule has 0 unspecified atom stereocenters. The number of sulfonamides is 1. The third-order valence-corrected chi connectivity index (χ3v) is 7.97. The Morgan fingerprint density at radius 1 is 1.03 bits per heavy atom. The van der Waals surface area contributed by atoms with Crippen molar-refractivity contribution in [1.82, 2.24) is 14.1 Å². The average Bonchev–Trinajstić information content (AvgIpc) is 3.20. The Hall–Kier alpha value is -2.88. The molecule has 0 atom stereocenters. The van der Waals surface area contributed by atoms with Gasteiger partial charge in [0, 0.05) is 55.8 Å². The maximum absolute atomic E-state index is 13.4. The smallest absolute Gasteiger partial charge is 0.263 e. The number of amides is 1. The highest BCUT2D eigenvalue weighted by Crippen LogP contribution is 2.26. The summed E-state index contributed by atoms with van der Waals surface area (Å²) in [4.78, 5) is 15.1. The zero-order chi connectivity index (χ0) is 23.8. The molecule has 0 bridgehead atoms. The van der Waals surface area contributed by atoms with Crippen LogP contribution in [-0.4, -0.2) is 54.6 Å². The number of aromatic nitrogens is 2. The first-order valence-corrected chi connectivity index (χ1v) is 12.4. The largest absolute Gasteiger partial charge is 0.369 e. The molecule has 0 saturated carbocycles. The van der Waals surface area contributed by atoms with E-state index < -0.39 is 15.9 Å². The van der Waals surface area contributed by atoms with Gasteiger partial charge < -0.3 is 10.2 Å². The Balaban J connectivity index is 1.53. The summed E-state index contributed by atoms with van der Waals surface area (Å²) in [6.45, 7) is 5.88. The second-order valence-electron chi connectivity index (χ2n) is 8.09. The van der Waals surface area contributed by atoms with Crippen molar-refractivity contribution in [2.75, 3.05) is 36.4 Å². The first-order chi connectivity index (χ1) is 15.7. The van der Waals surface area contributed by atoms with Crippen LogP contribution in [0.4, 0.5) is 11.4 Å². The summed E-state index contributed by atoms with van der Waals surface area (Å²) in [6.07, 6.45) is 1.42. The van der Waals surface area contributed by atoms with E-state index in [1.807, 2.05) is 6.07 Å². The zero-order valence-corrected chi connectivity index (χ0v) is 20.3. The van der Waals surface area contributed by atoms with Crippen LogP contribution in [0.5, 0.6) is 0 Å². The minimum absolute atomic E-state index is 0.00408. The molecule has 1 aliphatic heterocycles. The number of carbonyl (C=O) groups is 1. The second kappa shape index (κ2) is 9.17. The highest BCUT2D eigenvalue weighted by molar-refractivity contribution is 7.89. The number of aryl methyl sites for hydroxylation is 2. The Bertz CT molecular complexity index is 1280. The van der Waals surface area contributed by atoms with Crippen LogP contribution in [0.25, 0.3) is 0 Å². The van der Waals surface area contributed by atoms with Gasteiger partial charge in [-0.05, 0) is 55.3 Å². The molecule has 8 nitrogen and oxygen atoms in total. The number of anilines is 2. The molecule has 1 N–H and O–H groups in total. The molecule has 4 rings (SSSR count). The number of piperazine rings is 1. The molecule has 1 amide bonds. The third-order valence-electron chi connectivity index (χ3n) is 5.88. The van der Waals surface area contributed by atoms with Gasteiger partial charge in [0.1, 0.15) is 0 Å². The van der Waals surface area contributed by atoms with Crippen molar-refractivity contribution in [3.05, 3.63) is 70.4 Å². The number of hydrogen-bond donors (Lipinski definition) is 1. The number of hydrogen-bond acceptors (Lipinski definition) is 5. The number of nitrogens with one attached hydrogen (secondary N) is 1. The van der Waals surface area contributed by atoms with Crippen LogP contribution in [0.15, 0.2) is 53.7 Å². The maximum Gasteiger partial charge on any atom is 0.263 e. The number of benzene rings is 2. The quantitative estimate of drug-likeness (QED) is 0.595. The Labute approximate surface area is 198 Å². The van der Waals surface area contributed by atoms with Crippen molar-refractivity contribution in [2.24, 2.45) is 7.05 Å². The standard InChI is InChI=1S/C23H26ClN5O3S/c1-16-5-4-6-21(17(16)2)28-11-13-29(14-12-28)33(31,32)23-20(15-27(3)26-23)22(30)25-19-9-7-18(24)8-10-19/h4-10,15H,11-14H2,1-3H3,(H,25,30). The van der Waals surface area contributed by atoms with Crippen molar-refractivity contribution in [3.8, 4) is 0 Å². The molecule has 0 aliphatic carbocycles. The van der Waals surface area contributed by atoms with Gasteiger partial charge in [0.15, 0.2) is 0 Å². The van der Waals surface area contributed by atoms with E-state index >= 15 is 0 Å². The van der Waals surface area contributed by atoms with Crippen molar-refractivity contribution in [1.29, 1.82) is 0 Å². The fourth-order valence-corrected chi connectivity index (χ4v) is 5.59. The van der Waals surface area contributed by atoms with E-state index in [0.29, 0.717) is 36.9 Å². The molecule has 3 aromatic rings. The van der Waals surface area contributed by atoms with E-state index in [2.05, 4.69) is 41.3 Å². The molecule has 0 radical (unpaired) electrons. The summed E-state index contributed by atoms with van der Waals surface area (Å²) in [6, 6.07) is 12.7. The molecule has 2 heterocycles. The lowest BCUT2D eigenvalue weighted by atomic mass is 10.1. The first kappa shape index (κ1) is 23.3. The minimum Gasteiger partial charge on any atom is -0.369 e. The van der Waals surface area contributed by atoms with E-state index in [4.69, 9.17) is 11.6 Å². The third kappa shape index (κ3) is 4.75. The number of carbonyl (C=O) groups excluding carboxylic acids is 1. The molecule has 10 heteroatoms.